The maximum atomic E-state index is 13.5. The van der Waals surface area contributed by atoms with Gasteiger partial charge >= 0.3 is 0 Å². The molecular weight excluding hydrogens is 463 g/mol. The van der Waals surface area contributed by atoms with Crippen LogP contribution in [0, 0.1) is 5.82 Å². The molecule has 6 nitrogen and oxygen atoms in total. The van der Waals surface area contributed by atoms with Crippen LogP contribution in [-0.2, 0) is 23.0 Å². The van der Waals surface area contributed by atoms with Crippen molar-refractivity contribution in [1.29, 1.82) is 0 Å². The van der Waals surface area contributed by atoms with Crippen LogP contribution in [-0.4, -0.2) is 50.3 Å². The van der Waals surface area contributed by atoms with E-state index in [0.717, 1.165) is 36.3 Å². The molecule has 0 saturated carbocycles. The lowest BCUT2D eigenvalue weighted by molar-refractivity contribution is 0.241. The summed E-state index contributed by atoms with van der Waals surface area (Å²) in [7, 11) is -3.52. The van der Waals surface area contributed by atoms with Crippen molar-refractivity contribution in [2.75, 3.05) is 26.2 Å². The Morgan fingerprint density at radius 1 is 1.12 bits per heavy atom. The maximum absolute atomic E-state index is 13.5. The van der Waals surface area contributed by atoms with E-state index in [-0.39, 0.29) is 23.8 Å². The van der Waals surface area contributed by atoms with Crippen molar-refractivity contribution in [3.05, 3.63) is 65.5 Å². The molecule has 0 unspecified atom stereocenters. The summed E-state index contributed by atoms with van der Waals surface area (Å²) < 4.78 is 41.4. The number of nitrogens with one attached hydrogen (secondary N) is 2. The lowest BCUT2D eigenvalue weighted by Gasteiger charge is -2.44. The number of aryl methyl sites for hydroxylation is 1. The van der Waals surface area contributed by atoms with E-state index in [1.165, 1.54) is 12.1 Å². The smallest absolute Gasteiger partial charge is 0.243 e. The molecule has 2 aliphatic rings. The second kappa shape index (κ2) is 11.0. The molecule has 2 aromatic carbocycles. The topological polar surface area (TPSA) is 73.8 Å². The number of halogens is 2. The van der Waals surface area contributed by atoms with Gasteiger partial charge in [0.25, 0.3) is 0 Å². The Bertz CT molecular complexity index is 1070. The summed E-state index contributed by atoms with van der Waals surface area (Å²) in [4.78, 5) is 5.05. The molecule has 2 aliphatic heterocycles. The predicted octanol–water partition coefficient (Wildman–Crippen LogP) is 3.51. The minimum absolute atomic E-state index is 0. The Hall–Kier alpha value is -2.00. The van der Waals surface area contributed by atoms with E-state index < -0.39 is 10.0 Å². The van der Waals surface area contributed by atoms with E-state index in [1.54, 1.807) is 22.5 Å². The maximum Gasteiger partial charge on any atom is 0.243 e. The van der Waals surface area contributed by atoms with Crippen LogP contribution in [0.25, 0.3) is 0 Å². The molecule has 2 heterocycles. The van der Waals surface area contributed by atoms with E-state index in [2.05, 4.69) is 17.6 Å². The molecule has 4 rings (SSSR count). The van der Waals surface area contributed by atoms with Gasteiger partial charge in [-0.3, -0.25) is 4.99 Å². The van der Waals surface area contributed by atoms with Crippen molar-refractivity contribution in [2.45, 2.75) is 49.6 Å². The summed E-state index contributed by atoms with van der Waals surface area (Å²) in [6.07, 6.45) is 3.25. The molecule has 1 fully saturated rings. The molecule has 2 N–H and O–H groups in total. The molecule has 9 heteroatoms. The Labute approximate surface area is 202 Å². The quantitative estimate of drug-likeness (QED) is 0.644. The van der Waals surface area contributed by atoms with E-state index in [4.69, 9.17) is 4.99 Å². The van der Waals surface area contributed by atoms with Gasteiger partial charge in [-0.2, -0.15) is 4.31 Å². The third-order valence-electron chi connectivity index (χ3n) is 6.32. The first kappa shape index (κ1) is 25.6. The average Bonchev–Trinajstić information content (AvgIpc) is 2.80. The molecule has 1 saturated heterocycles. The molecule has 33 heavy (non-hydrogen) atoms. The average molecular weight is 495 g/mol. The van der Waals surface area contributed by atoms with Gasteiger partial charge < -0.3 is 10.6 Å². The summed E-state index contributed by atoms with van der Waals surface area (Å²) in [6, 6.07) is 13.8. The minimum atomic E-state index is -3.52. The second-order valence-electron chi connectivity index (χ2n) is 8.52. The van der Waals surface area contributed by atoms with Gasteiger partial charge in [-0.05, 0) is 54.7 Å². The van der Waals surface area contributed by atoms with Crippen LogP contribution in [0.5, 0.6) is 0 Å². The fourth-order valence-electron chi connectivity index (χ4n) is 4.54. The molecule has 1 spiro atoms. The summed E-state index contributed by atoms with van der Waals surface area (Å²) in [5, 5.41) is 6.96. The van der Waals surface area contributed by atoms with Gasteiger partial charge in [0.05, 0.1) is 17.0 Å². The molecule has 0 atom stereocenters. The zero-order valence-electron chi connectivity index (χ0n) is 18.9. The van der Waals surface area contributed by atoms with Crippen molar-refractivity contribution in [3.63, 3.8) is 0 Å². The van der Waals surface area contributed by atoms with E-state index in [9.17, 15) is 12.8 Å². The van der Waals surface area contributed by atoms with Crippen LogP contribution in [0.1, 0.15) is 37.3 Å². The normalized spacial score (nSPS) is 18.4. The highest BCUT2D eigenvalue weighted by Gasteiger charge is 2.43. The van der Waals surface area contributed by atoms with Gasteiger partial charge in [-0.1, -0.05) is 37.6 Å². The Balaban J connectivity index is 0.00000306. The fourth-order valence-corrected chi connectivity index (χ4v) is 5.98. The zero-order valence-corrected chi connectivity index (χ0v) is 20.5. The summed E-state index contributed by atoms with van der Waals surface area (Å²) in [5.41, 5.74) is 1.63. The zero-order chi connectivity index (χ0) is 22.6. The number of hydrogen-bond acceptors (Lipinski definition) is 5. The second-order valence-corrected chi connectivity index (χ2v) is 10.5. The Morgan fingerprint density at radius 3 is 2.52 bits per heavy atom. The van der Waals surface area contributed by atoms with Gasteiger partial charge in [-0.15, -0.1) is 12.4 Å². The van der Waals surface area contributed by atoms with Crippen LogP contribution in [0.2, 0.25) is 0 Å². The number of piperidine rings is 1. The lowest BCUT2D eigenvalue weighted by atomic mass is 9.85. The van der Waals surface area contributed by atoms with Crippen molar-refractivity contribution in [2.24, 2.45) is 4.99 Å². The standard InChI is InChI=1S/C24H31FN4O2S.ClH/c1-2-4-19-7-9-22(10-8-19)32(30,31)29-15-11-24(12-16-29)23(26-13-14-28-24)27-18-20-5-3-6-21(25)17-20;/h3,5-10,17,28H,2,4,11-16,18H2,1H3,(H,26,27);1H. The van der Waals surface area contributed by atoms with Crippen LogP contribution in [0.3, 0.4) is 0 Å². The molecule has 0 bridgehead atoms. The highest BCUT2D eigenvalue weighted by atomic mass is 35.5. The molecule has 0 aliphatic carbocycles. The largest absolute Gasteiger partial charge is 0.368 e. The number of rotatable bonds is 6. The van der Waals surface area contributed by atoms with Crippen LogP contribution in [0.15, 0.2) is 58.4 Å². The van der Waals surface area contributed by atoms with Gasteiger partial charge in [0, 0.05) is 26.2 Å². The van der Waals surface area contributed by atoms with Crippen LogP contribution >= 0.6 is 12.4 Å². The lowest BCUT2D eigenvalue weighted by Crippen LogP contribution is -2.64. The monoisotopic (exact) mass is 494 g/mol. The highest BCUT2D eigenvalue weighted by molar-refractivity contribution is 7.89. The molecule has 0 amide bonds. The van der Waals surface area contributed by atoms with E-state index >= 15 is 0 Å². The van der Waals surface area contributed by atoms with Gasteiger partial charge in [0.2, 0.25) is 10.0 Å². The predicted molar refractivity (Wildman–Crippen MR) is 132 cm³/mol. The van der Waals surface area contributed by atoms with E-state index in [1.807, 2.05) is 18.2 Å². The number of benzene rings is 2. The van der Waals surface area contributed by atoms with Crippen molar-refractivity contribution < 1.29 is 12.8 Å². The molecule has 2 aromatic rings. The summed E-state index contributed by atoms with van der Waals surface area (Å²) in [5.74, 6) is 0.581. The first-order valence-corrected chi connectivity index (χ1v) is 12.7. The van der Waals surface area contributed by atoms with Crippen molar-refractivity contribution in [3.8, 4) is 0 Å². The van der Waals surface area contributed by atoms with Crippen LogP contribution in [0.4, 0.5) is 4.39 Å². The summed E-state index contributed by atoms with van der Waals surface area (Å²) >= 11 is 0. The molecule has 0 radical (unpaired) electrons. The Kier molecular flexibility index (Phi) is 8.50. The number of amidine groups is 1. The van der Waals surface area contributed by atoms with Crippen molar-refractivity contribution >= 4 is 28.3 Å². The molecular formula is C24H32ClFN4O2S. The Morgan fingerprint density at radius 2 is 1.85 bits per heavy atom. The van der Waals surface area contributed by atoms with Gasteiger partial charge in [-0.25, -0.2) is 12.8 Å². The SMILES string of the molecule is CCCc1ccc(S(=O)(=O)N2CCC3(CC2)NCCN=C3NCc2cccc(F)c2)cc1.Cl. The molecule has 0 aromatic heterocycles. The molecule has 180 valence electrons. The van der Waals surface area contributed by atoms with Gasteiger partial charge in [0.1, 0.15) is 11.7 Å². The first-order chi connectivity index (χ1) is 15.4. The number of sulfonamides is 1. The highest BCUT2D eigenvalue weighted by Crippen LogP contribution is 2.29. The third kappa shape index (κ3) is 5.74. The number of nitrogens with zero attached hydrogens (tertiary/aromatic N) is 2. The number of aliphatic imine (C=N–C) groups is 1. The first-order valence-electron chi connectivity index (χ1n) is 11.3. The third-order valence-corrected chi connectivity index (χ3v) is 8.24. The van der Waals surface area contributed by atoms with E-state index in [0.29, 0.717) is 43.9 Å². The van der Waals surface area contributed by atoms with Crippen molar-refractivity contribution in [1.82, 2.24) is 14.9 Å². The number of hydrogen-bond donors (Lipinski definition) is 2. The summed E-state index contributed by atoms with van der Waals surface area (Å²) in [6.45, 7) is 4.86. The minimum Gasteiger partial charge on any atom is -0.368 e. The van der Waals surface area contributed by atoms with Crippen LogP contribution < -0.4 is 10.6 Å². The van der Waals surface area contributed by atoms with Gasteiger partial charge in [0.15, 0.2) is 0 Å². The fraction of sp³-hybridized carbons (Fsp3) is 0.458.